The highest BCUT2D eigenvalue weighted by atomic mass is 19.4. The van der Waals surface area contributed by atoms with Gasteiger partial charge in [0.25, 0.3) is 0 Å². The summed E-state index contributed by atoms with van der Waals surface area (Å²) < 4.78 is 48.4. The van der Waals surface area contributed by atoms with E-state index in [1.807, 2.05) is 0 Å². The van der Waals surface area contributed by atoms with Crippen molar-refractivity contribution < 1.29 is 47.6 Å². The molecule has 1 aromatic rings. The van der Waals surface area contributed by atoms with Crippen molar-refractivity contribution >= 4 is 17.9 Å². The predicted octanol–water partition coefficient (Wildman–Crippen LogP) is -0.595. The van der Waals surface area contributed by atoms with Crippen LogP contribution in [0.3, 0.4) is 0 Å². The number of alkyl halides is 3. The van der Waals surface area contributed by atoms with Gasteiger partial charge in [0.05, 0.1) is 18.7 Å². The molecule has 12 heteroatoms. The highest BCUT2D eigenvalue weighted by Gasteiger charge is 2.45. The number of hydrogen-bond donors (Lipinski definition) is 5. The van der Waals surface area contributed by atoms with Crippen molar-refractivity contribution in [2.75, 3.05) is 20.3 Å². The molecule has 1 aliphatic heterocycles. The van der Waals surface area contributed by atoms with E-state index >= 15 is 0 Å². The Kier molecular flexibility index (Phi) is 8.53. The van der Waals surface area contributed by atoms with E-state index in [0.29, 0.717) is 0 Å². The number of hydrogen-bond acceptors (Lipinski definition) is 7. The molecule has 9 nitrogen and oxygen atoms in total. The van der Waals surface area contributed by atoms with E-state index in [-0.39, 0.29) is 5.56 Å². The number of benzene rings is 1. The maximum Gasteiger partial charge on any atom is 0.416 e. The van der Waals surface area contributed by atoms with Gasteiger partial charge in [-0.2, -0.15) is 13.2 Å². The fourth-order valence-electron chi connectivity index (χ4n) is 2.89. The average molecular weight is 448 g/mol. The largest absolute Gasteiger partial charge is 0.416 e. The fraction of sp³-hybridized carbons (Fsp3) is 0.474. The number of methoxy groups -OCH3 is 1. The van der Waals surface area contributed by atoms with Crippen LogP contribution < -0.4 is 10.6 Å². The topological polar surface area (TPSA) is 137 Å². The molecule has 1 aromatic carbocycles. The first-order valence-electron chi connectivity index (χ1n) is 9.14. The van der Waals surface area contributed by atoms with Gasteiger partial charge in [-0.05, 0) is 23.8 Å². The van der Waals surface area contributed by atoms with E-state index in [1.54, 1.807) is 0 Å². The number of aliphatic hydroxyl groups excluding tert-OH is 3. The first-order valence-corrected chi connectivity index (χ1v) is 9.14. The molecule has 1 heterocycles. The van der Waals surface area contributed by atoms with Crippen molar-refractivity contribution in [2.24, 2.45) is 0 Å². The summed E-state index contributed by atoms with van der Waals surface area (Å²) in [5.41, 5.74) is -0.715. The Balaban J connectivity index is 1.89. The Morgan fingerprint density at radius 2 is 1.97 bits per heavy atom. The SMILES string of the molecule is COC1OC(CO)C(O)C(O)C1NC(=O)CNC(=O)C=Cc1cccc(C(F)(F)F)c1. The van der Waals surface area contributed by atoms with Gasteiger partial charge < -0.3 is 35.4 Å². The van der Waals surface area contributed by atoms with Crippen LogP contribution in [0.5, 0.6) is 0 Å². The number of aliphatic hydroxyl groups is 3. The molecule has 5 unspecified atom stereocenters. The summed E-state index contributed by atoms with van der Waals surface area (Å²) in [4.78, 5) is 23.9. The van der Waals surface area contributed by atoms with E-state index in [0.717, 1.165) is 24.3 Å². The molecule has 172 valence electrons. The monoisotopic (exact) mass is 448 g/mol. The van der Waals surface area contributed by atoms with Gasteiger partial charge in [0.15, 0.2) is 6.29 Å². The van der Waals surface area contributed by atoms with Crippen molar-refractivity contribution in [1.82, 2.24) is 10.6 Å². The van der Waals surface area contributed by atoms with Crippen LogP contribution in [0.4, 0.5) is 13.2 Å². The summed E-state index contributed by atoms with van der Waals surface area (Å²) in [5, 5.41) is 33.8. The summed E-state index contributed by atoms with van der Waals surface area (Å²) in [6.45, 7) is -1.10. The molecule has 0 aromatic heterocycles. The van der Waals surface area contributed by atoms with Gasteiger partial charge in [0.2, 0.25) is 11.8 Å². The van der Waals surface area contributed by atoms with E-state index in [1.165, 1.54) is 19.2 Å². The van der Waals surface area contributed by atoms with Crippen molar-refractivity contribution in [2.45, 2.75) is 36.8 Å². The van der Waals surface area contributed by atoms with Gasteiger partial charge in [-0.15, -0.1) is 0 Å². The lowest BCUT2D eigenvalue weighted by molar-refractivity contribution is -0.262. The minimum atomic E-state index is -4.51. The number of rotatable bonds is 7. The van der Waals surface area contributed by atoms with Crippen LogP contribution in [0.25, 0.3) is 6.08 Å². The molecule has 2 amide bonds. The molecule has 5 atom stereocenters. The molecule has 5 N–H and O–H groups in total. The second kappa shape index (κ2) is 10.7. The zero-order valence-electron chi connectivity index (χ0n) is 16.4. The smallest absolute Gasteiger partial charge is 0.394 e. The molecule has 0 radical (unpaired) electrons. The number of carbonyl (C=O) groups is 2. The molecule has 0 bridgehead atoms. The van der Waals surface area contributed by atoms with E-state index in [9.17, 15) is 33.0 Å². The Morgan fingerprint density at radius 3 is 2.58 bits per heavy atom. The maximum absolute atomic E-state index is 12.7. The summed E-state index contributed by atoms with van der Waals surface area (Å²) >= 11 is 0. The minimum absolute atomic E-state index is 0.146. The quantitative estimate of drug-likeness (QED) is 0.352. The summed E-state index contributed by atoms with van der Waals surface area (Å²) in [6.07, 6.45) is -7.63. The van der Waals surface area contributed by atoms with Gasteiger partial charge in [-0.1, -0.05) is 12.1 Å². The van der Waals surface area contributed by atoms with Crippen molar-refractivity contribution in [3.63, 3.8) is 0 Å². The van der Waals surface area contributed by atoms with Crippen LogP contribution in [-0.4, -0.2) is 78.0 Å². The van der Waals surface area contributed by atoms with Crippen molar-refractivity contribution in [3.8, 4) is 0 Å². The highest BCUT2D eigenvalue weighted by Crippen LogP contribution is 2.29. The molecular formula is C19H23F3N2O7. The third-order valence-electron chi connectivity index (χ3n) is 4.51. The van der Waals surface area contributed by atoms with Gasteiger partial charge in [-0.25, -0.2) is 0 Å². The molecule has 2 rings (SSSR count). The number of carbonyl (C=O) groups excluding carboxylic acids is 2. The number of halogens is 3. The Bertz CT molecular complexity index is 801. The van der Waals surface area contributed by atoms with Crippen molar-refractivity contribution in [3.05, 3.63) is 41.5 Å². The molecule has 1 fully saturated rings. The summed E-state index contributed by atoms with van der Waals surface area (Å²) in [7, 11) is 1.24. The third kappa shape index (κ3) is 6.74. The molecule has 0 spiro atoms. The number of ether oxygens (including phenoxy) is 2. The molecule has 31 heavy (non-hydrogen) atoms. The first-order chi connectivity index (χ1) is 14.6. The van der Waals surface area contributed by atoms with Crippen LogP contribution in [-0.2, 0) is 25.2 Å². The highest BCUT2D eigenvalue weighted by molar-refractivity contribution is 5.94. The molecule has 1 aliphatic rings. The van der Waals surface area contributed by atoms with Gasteiger partial charge in [0.1, 0.15) is 24.4 Å². The van der Waals surface area contributed by atoms with E-state index in [4.69, 9.17) is 14.6 Å². The van der Waals surface area contributed by atoms with Crippen molar-refractivity contribution in [1.29, 1.82) is 0 Å². The maximum atomic E-state index is 12.7. The lowest BCUT2D eigenvalue weighted by atomic mass is 9.97. The molecule has 0 aliphatic carbocycles. The molecule has 0 saturated carbocycles. The van der Waals surface area contributed by atoms with Gasteiger partial charge in [0, 0.05) is 13.2 Å². The summed E-state index contributed by atoms with van der Waals surface area (Å²) in [6, 6.07) is 3.18. The molecular weight excluding hydrogens is 425 g/mol. The Morgan fingerprint density at radius 1 is 1.26 bits per heavy atom. The zero-order chi connectivity index (χ0) is 23.2. The zero-order valence-corrected chi connectivity index (χ0v) is 16.4. The van der Waals surface area contributed by atoms with Gasteiger partial charge >= 0.3 is 6.18 Å². The van der Waals surface area contributed by atoms with Crippen LogP contribution in [0.1, 0.15) is 11.1 Å². The minimum Gasteiger partial charge on any atom is -0.394 e. The second-order valence-corrected chi connectivity index (χ2v) is 6.71. The van der Waals surface area contributed by atoms with Gasteiger partial charge in [-0.3, -0.25) is 9.59 Å². The molecule has 1 saturated heterocycles. The Labute approximate surface area is 175 Å². The number of amides is 2. The normalized spacial score (nSPS) is 26.6. The standard InChI is InChI=1S/C19H23F3N2O7/c1-30-18-15(17(29)16(28)12(9-25)31-18)24-14(27)8-23-13(26)6-5-10-3-2-4-11(7-10)19(20,21)22/h2-7,12,15-18,25,28-29H,8-9H2,1H3,(H,23,26)(H,24,27). The third-order valence-corrected chi connectivity index (χ3v) is 4.51. The average Bonchev–Trinajstić information content (AvgIpc) is 2.74. The lowest BCUT2D eigenvalue weighted by Crippen LogP contribution is -2.65. The van der Waals surface area contributed by atoms with E-state index in [2.05, 4.69) is 10.6 Å². The van der Waals surface area contributed by atoms with Crippen LogP contribution in [0.15, 0.2) is 30.3 Å². The second-order valence-electron chi connectivity index (χ2n) is 6.71. The van der Waals surface area contributed by atoms with Crippen LogP contribution in [0, 0.1) is 0 Å². The lowest BCUT2D eigenvalue weighted by Gasteiger charge is -2.41. The fourth-order valence-corrected chi connectivity index (χ4v) is 2.89. The number of nitrogens with one attached hydrogen (secondary N) is 2. The predicted molar refractivity (Wildman–Crippen MR) is 100 cm³/mol. The Hall–Kier alpha value is -2.51. The summed E-state index contributed by atoms with van der Waals surface area (Å²) in [5.74, 6) is -1.48. The van der Waals surface area contributed by atoms with Crippen LogP contribution in [0.2, 0.25) is 0 Å². The first kappa shape index (κ1) is 24.8. The van der Waals surface area contributed by atoms with E-state index < -0.39 is 67.3 Å². The van der Waals surface area contributed by atoms with Crippen LogP contribution >= 0.6 is 0 Å².